The molecule has 1 aromatic heterocycles. The Kier molecular flexibility index (Phi) is 5.03. The van der Waals surface area contributed by atoms with Crippen molar-refractivity contribution in [1.82, 2.24) is 4.98 Å². The number of ether oxygens (including phenoxy) is 1. The minimum absolute atomic E-state index is 0.466. The lowest BCUT2D eigenvalue weighted by atomic mass is 10.1. The number of aromatic nitrogens is 1. The van der Waals surface area contributed by atoms with Crippen molar-refractivity contribution in [2.24, 2.45) is 0 Å². The molecule has 0 spiro atoms. The van der Waals surface area contributed by atoms with E-state index in [4.69, 9.17) is 16.3 Å². The first kappa shape index (κ1) is 16.3. The third-order valence-corrected chi connectivity index (χ3v) is 2.99. The van der Waals surface area contributed by atoms with Crippen molar-refractivity contribution in [3.63, 3.8) is 0 Å². The Balaban J connectivity index is 2.05. The monoisotopic (exact) mass is 318 g/mol. The van der Waals surface area contributed by atoms with Gasteiger partial charge in [-0.1, -0.05) is 23.7 Å². The topological polar surface area (TPSA) is 51.2 Å². The van der Waals surface area contributed by atoms with Crippen LogP contribution >= 0.6 is 11.6 Å². The molecule has 0 aliphatic rings. The van der Waals surface area contributed by atoms with E-state index in [1.807, 2.05) is 57.2 Å². The number of nitrogens with zero attached hydrogens (tertiary/aromatic N) is 1. The zero-order valence-electron chi connectivity index (χ0n) is 12.9. The third-order valence-electron chi connectivity index (χ3n) is 2.75. The van der Waals surface area contributed by atoms with Gasteiger partial charge in [0, 0.05) is 11.2 Å². The van der Waals surface area contributed by atoms with Crippen LogP contribution in [-0.2, 0) is 11.2 Å². The molecule has 5 heteroatoms. The Bertz CT molecular complexity index is 666. The van der Waals surface area contributed by atoms with Crippen LogP contribution in [0.25, 0.3) is 0 Å². The number of hydrogen-bond acceptors (Lipinski definition) is 3. The van der Waals surface area contributed by atoms with E-state index < -0.39 is 11.7 Å². The van der Waals surface area contributed by atoms with Gasteiger partial charge >= 0.3 is 6.09 Å². The number of carbonyl (C=O) groups is 1. The van der Waals surface area contributed by atoms with Crippen LogP contribution < -0.4 is 5.32 Å². The van der Waals surface area contributed by atoms with Crippen LogP contribution in [0.5, 0.6) is 0 Å². The highest BCUT2D eigenvalue weighted by molar-refractivity contribution is 6.30. The zero-order chi connectivity index (χ0) is 16.2. The van der Waals surface area contributed by atoms with Gasteiger partial charge in [0.1, 0.15) is 11.4 Å². The van der Waals surface area contributed by atoms with Gasteiger partial charge in [0.2, 0.25) is 0 Å². The van der Waals surface area contributed by atoms with Gasteiger partial charge in [0.15, 0.2) is 0 Å². The summed E-state index contributed by atoms with van der Waals surface area (Å²) in [4.78, 5) is 15.9. The van der Waals surface area contributed by atoms with E-state index in [1.54, 1.807) is 6.20 Å². The van der Waals surface area contributed by atoms with Gasteiger partial charge in [-0.2, -0.15) is 0 Å². The molecule has 0 radical (unpaired) electrons. The number of anilines is 1. The first-order valence-electron chi connectivity index (χ1n) is 7.01. The molecule has 1 heterocycles. The lowest BCUT2D eigenvalue weighted by molar-refractivity contribution is 0.0635. The normalized spacial score (nSPS) is 11.1. The van der Waals surface area contributed by atoms with Crippen molar-refractivity contribution in [2.75, 3.05) is 5.32 Å². The SMILES string of the molecule is CC(C)(C)OC(=O)Nc1cc(Cc2cccc(Cl)c2)ccn1. The highest BCUT2D eigenvalue weighted by Crippen LogP contribution is 2.17. The first-order valence-corrected chi connectivity index (χ1v) is 7.39. The summed E-state index contributed by atoms with van der Waals surface area (Å²) in [5, 5.41) is 3.34. The lowest BCUT2D eigenvalue weighted by Crippen LogP contribution is -2.27. The van der Waals surface area contributed by atoms with Gasteiger partial charge < -0.3 is 4.74 Å². The van der Waals surface area contributed by atoms with E-state index in [-0.39, 0.29) is 0 Å². The summed E-state index contributed by atoms with van der Waals surface area (Å²) in [6.07, 6.45) is 1.86. The molecule has 0 fully saturated rings. The summed E-state index contributed by atoms with van der Waals surface area (Å²) in [6.45, 7) is 5.45. The second-order valence-corrected chi connectivity index (χ2v) is 6.42. The smallest absolute Gasteiger partial charge is 0.413 e. The van der Waals surface area contributed by atoms with Crippen LogP contribution in [0.2, 0.25) is 5.02 Å². The molecule has 0 aliphatic heterocycles. The molecule has 0 unspecified atom stereocenters. The predicted octanol–water partition coefficient (Wildman–Crippen LogP) is 4.67. The average molecular weight is 319 g/mol. The van der Waals surface area contributed by atoms with Crippen molar-refractivity contribution >= 4 is 23.5 Å². The molecule has 1 aromatic carbocycles. The Morgan fingerprint density at radius 1 is 1.23 bits per heavy atom. The Morgan fingerprint density at radius 2 is 1.95 bits per heavy atom. The lowest BCUT2D eigenvalue weighted by Gasteiger charge is -2.19. The van der Waals surface area contributed by atoms with Crippen LogP contribution in [0.3, 0.4) is 0 Å². The number of rotatable bonds is 3. The summed E-state index contributed by atoms with van der Waals surface area (Å²) in [6, 6.07) is 11.4. The van der Waals surface area contributed by atoms with Gasteiger partial charge in [-0.3, -0.25) is 5.32 Å². The second kappa shape index (κ2) is 6.79. The number of pyridine rings is 1. The molecule has 1 amide bonds. The number of benzene rings is 1. The van der Waals surface area contributed by atoms with Crippen molar-refractivity contribution in [3.8, 4) is 0 Å². The minimum Gasteiger partial charge on any atom is -0.444 e. The zero-order valence-corrected chi connectivity index (χ0v) is 13.6. The van der Waals surface area contributed by atoms with Gasteiger partial charge in [-0.05, 0) is 62.6 Å². The summed E-state index contributed by atoms with van der Waals surface area (Å²) < 4.78 is 5.21. The standard InChI is InChI=1S/C17H19ClN2O2/c1-17(2,3)22-16(21)20-15-11-13(7-8-19-15)9-12-5-4-6-14(18)10-12/h4-8,10-11H,9H2,1-3H3,(H,19,20,21). The van der Waals surface area contributed by atoms with Crippen LogP contribution in [-0.4, -0.2) is 16.7 Å². The molecule has 0 bridgehead atoms. The molecule has 0 aliphatic carbocycles. The number of nitrogens with one attached hydrogen (secondary N) is 1. The largest absolute Gasteiger partial charge is 0.444 e. The van der Waals surface area contributed by atoms with Crippen molar-refractivity contribution in [1.29, 1.82) is 0 Å². The fourth-order valence-corrected chi connectivity index (χ4v) is 2.16. The highest BCUT2D eigenvalue weighted by atomic mass is 35.5. The predicted molar refractivity (Wildman–Crippen MR) is 88.4 cm³/mol. The number of halogens is 1. The van der Waals surface area contributed by atoms with E-state index in [9.17, 15) is 4.79 Å². The summed E-state index contributed by atoms with van der Waals surface area (Å²) >= 11 is 5.99. The van der Waals surface area contributed by atoms with Crippen LogP contribution in [0, 0.1) is 0 Å². The summed E-state index contributed by atoms with van der Waals surface area (Å²) in [5.74, 6) is 0.466. The van der Waals surface area contributed by atoms with Gasteiger partial charge in [0.05, 0.1) is 0 Å². The molecule has 116 valence electrons. The third kappa shape index (κ3) is 5.37. The molecule has 0 atom stereocenters. The molecule has 0 saturated carbocycles. The maximum Gasteiger partial charge on any atom is 0.413 e. The molecule has 1 N–H and O–H groups in total. The fourth-order valence-electron chi connectivity index (χ4n) is 1.94. The molecule has 0 saturated heterocycles. The van der Waals surface area contributed by atoms with E-state index in [2.05, 4.69) is 10.3 Å². The Morgan fingerprint density at radius 3 is 2.64 bits per heavy atom. The molecule has 2 aromatic rings. The van der Waals surface area contributed by atoms with E-state index >= 15 is 0 Å². The minimum atomic E-state index is -0.539. The molecule has 2 rings (SSSR count). The first-order chi connectivity index (χ1) is 10.3. The number of hydrogen-bond donors (Lipinski definition) is 1. The Hall–Kier alpha value is -2.07. The van der Waals surface area contributed by atoms with E-state index in [1.165, 1.54) is 0 Å². The summed E-state index contributed by atoms with van der Waals surface area (Å²) in [7, 11) is 0. The highest BCUT2D eigenvalue weighted by Gasteiger charge is 2.16. The van der Waals surface area contributed by atoms with E-state index in [0.29, 0.717) is 17.3 Å². The van der Waals surface area contributed by atoms with Crippen molar-refractivity contribution < 1.29 is 9.53 Å². The van der Waals surface area contributed by atoms with E-state index in [0.717, 1.165) is 11.1 Å². The van der Waals surface area contributed by atoms with Crippen LogP contribution in [0.15, 0.2) is 42.6 Å². The van der Waals surface area contributed by atoms with Crippen molar-refractivity contribution in [2.45, 2.75) is 32.8 Å². The van der Waals surface area contributed by atoms with Crippen LogP contribution in [0.1, 0.15) is 31.9 Å². The maximum atomic E-state index is 11.8. The maximum absolute atomic E-state index is 11.8. The Labute approximate surface area is 135 Å². The quantitative estimate of drug-likeness (QED) is 0.894. The van der Waals surface area contributed by atoms with Gasteiger partial charge in [0.25, 0.3) is 0 Å². The van der Waals surface area contributed by atoms with Crippen molar-refractivity contribution in [3.05, 3.63) is 58.7 Å². The van der Waals surface area contributed by atoms with Gasteiger partial charge in [-0.25, -0.2) is 9.78 Å². The molecular formula is C17H19ClN2O2. The second-order valence-electron chi connectivity index (χ2n) is 5.98. The van der Waals surface area contributed by atoms with Gasteiger partial charge in [-0.15, -0.1) is 0 Å². The number of carbonyl (C=O) groups excluding carboxylic acids is 1. The average Bonchev–Trinajstić information content (AvgIpc) is 2.36. The van der Waals surface area contributed by atoms with Crippen LogP contribution in [0.4, 0.5) is 10.6 Å². The fraction of sp³-hybridized carbons (Fsp3) is 0.294. The summed E-state index contributed by atoms with van der Waals surface area (Å²) in [5.41, 5.74) is 1.59. The molecule has 22 heavy (non-hydrogen) atoms. The molecule has 4 nitrogen and oxygen atoms in total. The molecular weight excluding hydrogens is 300 g/mol. The number of amides is 1.